The van der Waals surface area contributed by atoms with Gasteiger partial charge in [-0.3, -0.25) is 9.59 Å². The highest BCUT2D eigenvalue weighted by atomic mass is 32.1. The molecule has 0 saturated heterocycles. The number of amides is 2. The molecule has 0 aliphatic heterocycles. The quantitative estimate of drug-likeness (QED) is 0.423. The van der Waals surface area contributed by atoms with Crippen LogP contribution in [0.4, 0.5) is 0 Å². The van der Waals surface area contributed by atoms with Gasteiger partial charge in [0.05, 0.1) is 15.2 Å². The Morgan fingerprint density at radius 2 is 1.91 bits per heavy atom. The fraction of sp³-hybridized carbons (Fsp3) is 0.269. The number of nitrogens with one attached hydrogen (secondary N) is 1. The number of likely N-dealkylation sites (N-methyl/N-ethyl adjacent to an activating group) is 1. The van der Waals surface area contributed by atoms with Gasteiger partial charge in [-0.05, 0) is 55.7 Å². The summed E-state index contributed by atoms with van der Waals surface area (Å²) in [5, 5.41) is 3.98. The van der Waals surface area contributed by atoms with Crippen molar-refractivity contribution in [3.05, 3.63) is 88.7 Å². The van der Waals surface area contributed by atoms with Gasteiger partial charge < -0.3 is 14.8 Å². The van der Waals surface area contributed by atoms with Gasteiger partial charge in [-0.15, -0.1) is 11.3 Å². The van der Waals surface area contributed by atoms with Crippen molar-refractivity contribution in [3.8, 4) is 0 Å². The minimum absolute atomic E-state index is 0.0442. The lowest BCUT2D eigenvalue weighted by Crippen LogP contribution is -2.41. The minimum atomic E-state index is -0.112. The Balaban J connectivity index is 1.49. The number of hydrogen-bond acceptors (Lipinski definition) is 4. The molecule has 0 aliphatic rings. The molecule has 4 aromatic rings. The highest BCUT2D eigenvalue weighted by Crippen LogP contribution is 2.23. The van der Waals surface area contributed by atoms with Crippen molar-refractivity contribution in [2.45, 2.75) is 25.8 Å². The number of nitrogens with zero attached hydrogens (tertiary/aromatic N) is 3. The number of benzene rings is 2. The van der Waals surface area contributed by atoms with Gasteiger partial charge in [0.25, 0.3) is 11.8 Å². The van der Waals surface area contributed by atoms with Gasteiger partial charge in [-0.2, -0.15) is 0 Å². The van der Waals surface area contributed by atoms with Gasteiger partial charge in [-0.25, -0.2) is 4.98 Å². The molecule has 1 N–H and O–H groups in total. The number of aromatic nitrogens is 2. The van der Waals surface area contributed by atoms with E-state index in [0.29, 0.717) is 30.6 Å². The second-order valence-electron chi connectivity index (χ2n) is 8.22. The molecule has 170 valence electrons. The van der Waals surface area contributed by atoms with Crippen LogP contribution >= 0.6 is 11.3 Å². The SMILES string of the molecule is Cc1nc2cc(C(=O)N(C)C(CCNC(=O)c3cccn3C)Cc3ccccc3)ccc2s1. The Labute approximate surface area is 197 Å². The van der Waals surface area contributed by atoms with E-state index in [4.69, 9.17) is 0 Å². The summed E-state index contributed by atoms with van der Waals surface area (Å²) in [5.41, 5.74) is 3.25. The van der Waals surface area contributed by atoms with Crippen molar-refractivity contribution in [2.75, 3.05) is 13.6 Å². The highest BCUT2D eigenvalue weighted by molar-refractivity contribution is 7.18. The van der Waals surface area contributed by atoms with Gasteiger partial charge >= 0.3 is 0 Å². The average Bonchev–Trinajstić information content (AvgIpc) is 3.41. The summed E-state index contributed by atoms with van der Waals surface area (Å²) < 4.78 is 2.87. The van der Waals surface area contributed by atoms with E-state index >= 15 is 0 Å². The summed E-state index contributed by atoms with van der Waals surface area (Å²) in [6.07, 6.45) is 3.20. The van der Waals surface area contributed by atoms with Crippen molar-refractivity contribution >= 4 is 33.4 Å². The highest BCUT2D eigenvalue weighted by Gasteiger charge is 2.22. The molecule has 1 atom stereocenters. The number of rotatable bonds is 8. The monoisotopic (exact) mass is 460 g/mol. The Bertz CT molecular complexity index is 1260. The molecule has 2 aromatic heterocycles. The minimum Gasteiger partial charge on any atom is -0.351 e. The van der Waals surface area contributed by atoms with Crippen molar-refractivity contribution in [2.24, 2.45) is 7.05 Å². The number of hydrogen-bond donors (Lipinski definition) is 1. The van der Waals surface area contributed by atoms with E-state index in [9.17, 15) is 9.59 Å². The molecule has 4 rings (SSSR count). The number of aryl methyl sites for hydroxylation is 2. The first-order chi connectivity index (χ1) is 15.9. The molecule has 2 amide bonds. The first-order valence-corrected chi connectivity index (χ1v) is 11.8. The van der Waals surface area contributed by atoms with Crippen LogP contribution in [0.2, 0.25) is 0 Å². The molecule has 0 bridgehead atoms. The molecular weight excluding hydrogens is 432 g/mol. The van der Waals surface area contributed by atoms with Crippen LogP contribution in [0.25, 0.3) is 10.2 Å². The van der Waals surface area contributed by atoms with Crippen molar-refractivity contribution in [1.82, 2.24) is 19.8 Å². The Morgan fingerprint density at radius 1 is 1.12 bits per heavy atom. The van der Waals surface area contributed by atoms with E-state index in [1.165, 1.54) is 0 Å². The lowest BCUT2D eigenvalue weighted by molar-refractivity contribution is 0.0723. The van der Waals surface area contributed by atoms with Crippen LogP contribution < -0.4 is 5.32 Å². The summed E-state index contributed by atoms with van der Waals surface area (Å²) in [4.78, 5) is 32.2. The zero-order valence-corrected chi connectivity index (χ0v) is 19.9. The molecule has 2 aromatic carbocycles. The van der Waals surface area contributed by atoms with E-state index in [2.05, 4.69) is 22.4 Å². The van der Waals surface area contributed by atoms with E-state index in [-0.39, 0.29) is 17.9 Å². The fourth-order valence-corrected chi connectivity index (χ4v) is 4.81. The molecule has 2 heterocycles. The van der Waals surface area contributed by atoms with E-state index in [1.807, 2.05) is 69.7 Å². The number of carbonyl (C=O) groups is 2. The maximum absolute atomic E-state index is 13.4. The van der Waals surface area contributed by atoms with Crippen LogP contribution in [0.1, 0.15) is 37.8 Å². The van der Waals surface area contributed by atoms with Gasteiger partial charge in [-0.1, -0.05) is 30.3 Å². The molecule has 0 spiro atoms. The van der Waals surface area contributed by atoms with Gasteiger partial charge in [0.1, 0.15) is 5.69 Å². The summed E-state index contributed by atoms with van der Waals surface area (Å²) in [7, 11) is 3.69. The van der Waals surface area contributed by atoms with Gasteiger partial charge in [0.15, 0.2) is 0 Å². The summed E-state index contributed by atoms with van der Waals surface area (Å²) in [6.45, 7) is 2.45. The normalized spacial score (nSPS) is 12.0. The predicted molar refractivity (Wildman–Crippen MR) is 133 cm³/mol. The second kappa shape index (κ2) is 10.0. The number of fused-ring (bicyclic) bond motifs is 1. The Morgan fingerprint density at radius 3 is 2.64 bits per heavy atom. The van der Waals surface area contributed by atoms with Gasteiger partial charge in [0, 0.05) is 38.4 Å². The van der Waals surface area contributed by atoms with E-state index in [1.54, 1.807) is 26.9 Å². The zero-order chi connectivity index (χ0) is 23.4. The maximum atomic E-state index is 13.4. The fourth-order valence-electron chi connectivity index (χ4n) is 4.00. The molecule has 0 aliphatic carbocycles. The summed E-state index contributed by atoms with van der Waals surface area (Å²) in [6, 6.07) is 19.4. The van der Waals surface area contributed by atoms with E-state index in [0.717, 1.165) is 20.8 Å². The molecule has 1 unspecified atom stereocenters. The zero-order valence-electron chi connectivity index (χ0n) is 19.1. The van der Waals surface area contributed by atoms with E-state index < -0.39 is 0 Å². The molecule has 33 heavy (non-hydrogen) atoms. The predicted octanol–water partition coefficient (Wildman–Crippen LogP) is 4.45. The van der Waals surface area contributed by atoms with Crippen molar-refractivity contribution < 1.29 is 9.59 Å². The standard InChI is InChI=1S/C26H28N4O2S/c1-18-28-22-17-20(11-12-24(22)33-18)26(32)30(3)21(16-19-8-5-4-6-9-19)13-14-27-25(31)23-10-7-15-29(23)2/h4-12,15,17,21H,13-14,16H2,1-3H3,(H,27,31). The molecule has 7 heteroatoms. The van der Waals surface area contributed by atoms with Crippen LogP contribution in [0.5, 0.6) is 0 Å². The van der Waals surface area contributed by atoms with Crippen molar-refractivity contribution in [3.63, 3.8) is 0 Å². The lowest BCUT2D eigenvalue weighted by Gasteiger charge is -2.29. The topological polar surface area (TPSA) is 67.2 Å². The number of carbonyl (C=O) groups excluding carboxylic acids is 2. The Hall–Kier alpha value is -3.45. The second-order valence-corrected chi connectivity index (χ2v) is 9.46. The van der Waals surface area contributed by atoms with Crippen LogP contribution in [-0.4, -0.2) is 45.9 Å². The van der Waals surface area contributed by atoms with Crippen LogP contribution in [0, 0.1) is 6.92 Å². The largest absolute Gasteiger partial charge is 0.351 e. The molecular formula is C26H28N4O2S. The smallest absolute Gasteiger partial charge is 0.267 e. The maximum Gasteiger partial charge on any atom is 0.267 e. The van der Waals surface area contributed by atoms with Crippen LogP contribution in [0.15, 0.2) is 66.9 Å². The number of thiazole rings is 1. The molecule has 0 radical (unpaired) electrons. The summed E-state index contributed by atoms with van der Waals surface area (Å²) >= 11 is 1.62. The molecule has 0 fully saturated rings. The van der Waals surface area contributed by atoms with Gasteiger partial charge in [0.2, 0.25) is 0 Å². The van der Waals surface area contributed by atoms with Crippen molar-refractivity contribution in [1.29, 1.82) is 0 Å². The van der Waals surface area contributed by atoms with Crippen LogP contribution in [-0.2, 0) is 13.5 Å². The third-order valence-corrected chi connectivity index (χ3v) is 6.82. The third kappa shape index (κ3) is 5.31. The Kier molecular flexibility index (Phi) is 6.89. The summed E-state index contributed by atoms with van der Waals surface area (Å²) in [5.74, 6) is -0.156. The lowest BCUT2D eigenvalue weighted by atomic mass is 10.0. The third-order valence-electron chi connectivity index (χ3n) is 5.86. The average molecular weight is 461 g/mol. The molecule has 0 saturated carbocycles. The van der Waals surface area contributed by atoms with Crippen LogP contribution in [0.3, 0.4) is 0 Å². The molecule has 6 nitrogen and oxygen atoms in total. The first-order valence-electron chi connectivity index (χ1n) is 11.0. The first kappa shape index (κ1) is 22.7.